The number of nitrogens with one attached hydrogen (secondary N) is 1. The molecule has 0 aromatic carbocycles. The summed E-state index contributed by atoms with van der Waals surface area (Å²) >= 11 is 0. The van der Waals surface area contributed by atoms with Gasteiger partial charge in [0.2, 0.25) is 0 Å². The van der Waals surface area contributed by atoms with Gasteiger partial charge in [-0.1, -0.05) is 20.8 Å². The predicted molar refractivity (Wildman–Crippen MR) is 67.6 cm³/mol. The van der Waals surface area contributed by atoms with E-state index in [1.165, 1.54) is 0 Å². The van der Waals surface area contributed by atoms with Crippen LogP contribution in [0.3, 0.4) is 0 Å². The van der Waals surface area contributed by atoms with E-state index in [0.29, 0.717) is 37.2 Å². The van der Waals surface area contributed by atoms with Crippen LogP contribution < -0.4 is 11.1 Å². The summed E-state index contributed by atoms with van der Waals surface area (Å²) in [6, 6.07) is 0. The Hall–Kier alpha value is -1.36. The third-order valence-corrected chi connectivity index (χ3v) is 2.98. The molecule has 0 aliphatic rings. The van der Waals surface area contributed by atoms with Crippen LogP contribution in [-0.4, -0.2) is 28.5 Å². The Balaban J connectivity index is 2.46. The van der Waals surface area contributed by atoms with Crippen molar-refractivity contribution in [3.63, 3.8) is 0 Å². The smallest absolute Gasteiger partial charge is 0.271 e. The Kier molecular flexibility index (Phi) is 5.15. The Morgan fingerprint density at radius 2 is 2.24 bits per heavy atom. The molecule has 0 saturated carbocycles. The monoisotopic (exact) mass is 238 g/mol. The number of rotatable bonds is 6. The first-order valence-electron chi connectivity index (χ1n) is 6.04. The zero-order valence-electron chi connectivity index (χ0n) is 10.8. The number of hydrogen-bond donors (Lipinski definition) is 2. The Bertz CT molecular complexity index is 359. The zero-order chi connectivity index (χ0) is 12.8. The fraction of sp³-hybridized carbons (Fsp3) is 0.667. The van der Waals surface area contributed by atoms with Crippen LogP contribution in [0.2, 0.25) is 0 Å². The number of nitrogens with two attached hydrogens (primary N) is 1. The van der Waals surface area contributed by atoms with Gasteiger partial charge in [-0.2, -0.15) is 0 Å². The maximum Gasteiger partial charge on any atom is 0.271 e. The van der Waals surface area contributed by atoms with Crippen molar-refractivity contribution < 1.29 is 4.79 Å². The SMILES string of the molecule is CC(C)C(C)CNC(=O)c1cn(CCN)cn1. The molecule has 1 unspecified atom stereocenters. The molecule has 1 heterocycles. The van der Waals surface area contributed by atoms with Gasteiger partial charge in [0.15, 0.2) is 0 Å². The van der Waals surface area contributed by atoms with Gasteiger partial charge < -0.3 is 15.6 Å². The number of nitrogens with zero attached hydrogens (tertiary/aromatic N) is 2. The normalized spacial score (nSPS) is 12.8. The van der Waals surface area contributed by atoms with Crippen LogP contribution in [0.15, 0.2) is 12.5 Å². The molecule has 5 nitrogen and oxygen atoms in total. The number of carbonyl (C=O) groups excluding carboxylic acids is 1. The summed E-state index contributed by atoms with van der Waals surface area (Å²) in [7, 11) is 0. The summed E-state index contributed by atoms with van der Waals surface area (Å²) < 4.78 is 1.82. The molecule has 17 heavy (non-hydrogen) atoms. The van der Waals surface area contributed by atoms with Crippen LogP contribution in [0.1, 0.15) is 31.3 Å². The highest BCUT2D eigenvalue weighted by Gasteiger charge is 2.12. The van der Waals surface area contributed by atoms with Crippen molar-refractivity contribution in [2.45, 2.75) is 27.3 Å². The largest absolute Gasteiger partial charge is 0.350 e. The zero-order valence-corrected chi connectivity index (χ0v) is 10.8. The Morgan fingerprint density at radius 1 is 1.53 bits per heavy atom. The van der Waals surface area contributed by atoms with Gasteiger partial charge in [0.05, 0.1) is 6.33 Å². The molecule has 0 bridgehead atoms. The van der Waals surface area contributed by atoms with Gasteiger partial charge >= 0.3 is 0 Å². The summed E-state index contributed by atoms with van der Waals surface area (Å²) in [6.07, 6.45) is 3.36. The van der Waals surface area contributed by atoms with Crippen LogP contribution >= 0.6 is 0 Å². The van der Waals surface area contributed by atoms with Gasteiger partial charge in [-0.05, 0) is 11.8 Å². The number of aromatic nitrogens is 2. The van der Waals surface area contributed by atoms with Crippen molar-refractivity contribution in [3.05, 3.63) is 18.2 Å². The molecule has 0 spiro atoms. The lowest BCUT2D eigenvalue weighted by Crippen LogP contribution is -2.30. The van der Waals surface area contributed by atoms with Gasteiger partial charge in [-0.3, -0.25) is 4.79 Å². The van der Waals surface area contributed by atoms with Gasteiger partial charge in [0, 0.05) is 25.8 Å². The molecule has 0 aliphatic carbocycles. The third-order valence-electron chi connectivity index (χ3n) is 2.98. The maximum absolute atomic E-state index is 11.8. The Morgan fingerprint density at radius 3 is 2.82 bits per heavy atom. The van der Waals surface area contributed by atoms with Crippen molar-refractivity contribution >= 4 is 5.91 Å². The molecular formula is C12H22N4O. The molecule has 0 saturated heterocycles. The maximum atomic E-state index is 11.8. The number of carbonyl (C=O) groups is 1. The van der Waals surface area contributed by atoms with E-state index in [4.69, 9.17) is 5.73 Å². The van der Waals surface area contributed by atoms with E-state index in [9.17, 15) is 4.79 Å². The summed E-state index contributed by atoms with van der Waals surface area (Å²) in [5, 5.41) is 2.89. The second-order valence-electron chi connectivity index (χ2n) is 4.72. The molecule has 0 radical (unpaired) electrons. The lowest BCUT2D eigenvalue weighted by molar-refractivity contribution is 0.0940. The number of hydrogen-bond acceptors (Lipinski definition) is 3. The first-order valence-corrected chi connectivity index (χ1v) is 6.04. The highest BCUT2D eigenvalue weighted by molar-refractivity contribution is 5.91. The second kappa shape index (κ2) is 6.39. The van der Waals surface area contributed by atoms with Gasteiger partial charge in [-0.25, -0.2) is 4.98 Å². The van der Waals surface area contributed by atoms with E-state index < -0.39 is 0 Å². The van der Waals surface area contributed by atoms with Gasteiger partial charge in [0.1, 0.15) is 5.69 Å². The first-order chi connectivity index (χ1) is 8.04. The Labute approximate surface area is 102 Å². The fourth-order valence-corrected chi connectivity index (χ4v) is 1.33. The third kappa shape index (κ3) is 4.19. The topological polar surface area (TPSA) is 72.9 Å². The summed E-state index contributed by atoms with van der Waals surface area (Å²) in [4.78, 5) is 15.8. The average Bonchev–Trinajstić information content (AvgIpc) is 2.74. The molecule has 3 N–H and O–H groups in total. The van der Waals surface area contributed by atoms with Gasteiger partial charge in [0.25, 0.3) is 5.91 Å². The molecule has 1 aromatic heterocycles. The summed E-state index contributed by atoms with van der Waals surface area (Å²) in [6.45, 7) is 8.32. The summed E-state index contributed by atoms with van der Waals surface area (Å²) in [5.74, 6) is 0.906. The van der Waals surface area contributed by atoms with Crippen molar-refractivity contribution in [2.24, 2.45) is 17.6 Å². The first kappa shape index (κ1) is 13.7. The quantitative estimate of drug-likeness (QED) is 0.772. The van der Waals surface area contributed by atoms with Crippen LogP contribution in [0, 0.1) is 11.8 Å². The van der Waals surface area contributed by atoms with Crippen molar-refractivity contribution in [1.29, 1.82) is 0 Å². The minimum Gasteiger partial charge on any atom is -0.350 e. The van der Waals surface area contributed by atoms with Crippen LogP contribution in [-0.2, 0) is 6.54 Å². The van der Waals surface area contributed by atoms with Crippen LogP contribution in [0.4, 0.5) is 0 Å². The fourth-order valence-electron chi connectivity index (χ4n) is 1.33. The summed E-state index contributed by atoms with van der Waals surface area (Å²) in [5.41, 5.74) is 5.88. The molecule has 96 valence electrons. The minimum absolute atomic E-state index is 0.117. The van der Waals surface area contributed by atoms with E-state index in [-0.39, 0.29) is 5.91 Å². The lowest BCUT2D eigenvalue weighted by atomic mass is 9.98. The van der Waals surface area contributed by atoms with E-state index >= 15 is 0 Å². The van der Waals surface area contributed by atoms with Gasteiger partial charge in [-0.15, -0.1) is 0 Å². The number of amides is 1. The number of imidazole rings is 1. The molecule has 1 rings (SSSR count). The predicted octanol–water partition coefficient (Wildman–Crippen LogP) is 0.864. The molecule has 1 amide bonds. The van der Waals surface area contributed by atoms with Crippen molar-refractivity contribution in [1.82, 2.24) is 14.9 Å². The van der Waals surface area contributed by atoms with E-state index in [0.717, 1.165) is 0 Å². The second-order valence-corrected chi connectivity index (χ2v) is 4.72. The standard InChI is InChI=1S/C12H22N4O/c1-9(2)10(3)6-14-12(17)11-7-16(5-4-13)8-15-11/h7-10H,4-6,13H2,1-3H3,(H,14,17). The highest BCUT2D eigenvalue weighted by Crippen LogP contribution is 2.07. The molecular weight excluding hydrogens is 216 g/mol. The van der Waals surface area contributed by atoms with Crippen LogP contribution in [0.5, 0.6) is 0 Å². The van der Waals surface area contributed by atoms with Crippen molar-refractivity contribution in [3.8, 4) is 0 Å². The molecule has 0 aliphatic heterocycles. The molecule has 1 aromatic rings. The van der Waals surface area contributed by atoms with E-state index in [2.05, 4.69) is 31.1 Å². The molecule has 5 heteroatoms. The van der Waals surface area contributed by atoms with Crippen molar-refractivity contribution in [2.75, 3.05) is 13.1 Å². The van der Waals surface area contributed by atoms with Crippen LogP contribution in [0.25, 0.3) is 0 Å². The van der Waals surface area contributed by atoms with E-state index in [1.54, 1.807) is 12.5 Å². The minimum atomic E-state index is -0.117. The molecule has 1 atom stereocenters. The highest BCUT2D eigenvalue weighted by atomic mass is 16.1. The molecule has 0 fully saturated rings. The average molecular weight is 238 g/mol. The lowest BCUT2D eigenvalue weighted by Gasteiger charge is -2.15. The van der Waals surface area contributed by atoms with E-state index in [1.807, 2.05) is 4.57 Å².